The van der Waals surface area contributed by atoms with E-state index in [2.05, 4.69) is 15.4 Å². The minimum absolute atomic E-state index is 0.0199. The summed E-state index contributed by atoms with van der Waals surface area (Å²) in [7, 11) is 0. The van der Waals surface area contributed by atoms with E-state index >= 15 is 0 Å². The molecule has 0 radical (unpaired) electrons. The molecule has 6 heteroatoms. The average Bonchev–Trinajstić information content (AvgIpc) is 2.84. The summed E-state index contributed by atoms with van der Waals surface area (Å²) in [6.45, 7) is 4.10. The van der Waals surface area contributed by atoms with Gasteiger partial charge in [0.1, 0.15) is 11.4 Å². The van der Waals surface area contributed by atoms with Gasteiger partial charge in [0, 0.05) is 6.20 Å². The van der Waals surface area contributed by atoms with E-state index in [0.29, 0.717) is 5.82 Å². The van der Waals surface area contributed by atoms with E-state index in [-0.39, 0.29) is 17.1 Å². The molecule has 0 aliphatic carbocycles. The summed E-state index contributed by atoms with van der Waals surface area (Å²) in [5, 5.41) is 16.7. The molecule has 1 aliphatic rings. The number of pyridine rings is 1. The van der Waals surface area contributed by atoms with Crippen LogP contribution in [0.3, 0.4) is 0 Å². The maximum Gasteiger partial charge on any atom is 0.341 e. The Balaban J connectivity index is 2.05. The van der Waals surface area contributed by atoms with Crippen LogP contribution in [0.1, 0.15) is 42.4 Å². The monoisotopic (exact) mass is 272 g/mol. The van der Waals surface area contributed by atoms with Gasteiger partial charge in [-0.3, -0.25) is 4.98 Å². The van der Waals surface area contributed by atoms with Crippen LogP contribution in [0.15, 0.2) is 30.6 Å². The molecule has 0 bridgehead atoms. The Kier molecular flexibility index (Phi) is 2.74. The Bertz CT molecular complexity index is 648. The van der Waals surface area contributed by atoms with Crippen molar-refractivity contribution in [1.82, 2.24) is 14.8 Å². The molecule has 104 valence electrons. The van der Waals surface area contributed by atoms with Gasteiger partial charge >= 0.3 is 5.97 Å². The predicted molar refractivity (Wildman–Crippen MR) is 73.7 cm³/mol. The Morgan fingerprint density at radius 2 is 2.30 bits per heavy atom. The number of carbonyl (C=O) groups is 1. The molecule has 2 N–H and O–H groups in total. The second-order valence-electron chi connectivity index (χ2n) is 5.59. The molecule has 2 aromatic heterocycles. The first-order valence-electron chi connectivity index (χ1n) is 6.48. The standard InChI is InChI=1S/C14H16N4O2/c1-14(2)7-11(10-5-3-4-6-15-10)17-12-9(13(19)20)8-16-18(12)14/h3-6,8,11,17H,7H2,1-2H3,(H,19,20). The van der Waals surface area contributed by atoms with E-state index in [9.17, 15) is 9.90 Å². The number of anilines is 1. The van der Waals surface area contributed by atoms with Gasteiger partial charge in [-0.15, -0.1) is 0 Å². The molecule has 0 fully saturated rings. The van der Waals surface area contributed by atoms with E-state index in [1.54, 1.807) is 10.9 Å². The molecule has 0 aromatic carbocycles. The molecule has 3 heterocycles. The van der Waals surface area contributed by atoms with Crippen LogP contribution in [0.5, 0.6) is 0 Å². The highest BCUT2D eigenvalue weighted by atomic mass is 16.4. The lowest BCUT2D eigenvalue weighted by atomic mass is 9.91. The molecule has 0 saturated carbocycles. The van der Waals surface area contributed by atoms with Crippen molar-refractivity contribution in [3.63, 3.8) is 0 Å². The van der Waals surface area contributed by atoms with Gasteiger partial charge in [-0.05, 0) is 32.4 Å². The Morgan fingerprint density at radius 1 is 1.50 bits per heavy atom. The highest BCUT2D eigenvalue weighted by molar-refractivity contribution is 5.93. The van der Waals surface area contributed by atoms with Crippen LogP contribution < -0.4 is 5.32 Å². The van der Waals surface area contributed by atoms with Crippen molar-refractivity contribution in [1.29, 1.82) is 0 Å². The first kappa shape index (κ1) is 12.7. The summed E-state index contributed by atoms with van der Waals surface area (Å²) in [4.78, 5) is 15.6. The fourth-order valence-electron chi connectivity index (χ4n) is 2.67. The van der Waals surface area contributed by atoms with Crippen molar-refractivity contribution in [3.8, 4) is 0 Å². The molecule has 20 heavy (non-hydrogen) atoms. The molecule has 0 spiro atoms. The van der Waals surface area contributed by atoms with Crippen molar-refractivity contribution in [2.75, 3.05) is 5.32 Å². The van der Waals surface area contributed by atoms with Crippen LogP contribution in [-0.4, -0.2) is 25.8 Å². The number of rotatable bonds is 2. The number of carboxylic acids is 1. The fraction of sp³-hybridized carbons (Fsp3) is 0.357. The van der Waals surface area contributed by atoms with Crippen LogP contribution in [0, 0.1) is 0 Å². The topological polar surface area (TPSA) is 80.0 Å². The van der Waals surface area contributed by atoms with Crippen LogP contribution in [0.4, 0.5) is 5.82 Å². The summed E-state index contributed by atoms with van der Waals surface area (Å²) >= 11 is 0. The minimum Gasteiger partial charge on any atom is -0.477 e. The molecule has 1 atom stereocenters. The van der Waals surface area contributed by atoms with Crippen molar-refractivity contribution >= 4 is 11.8 Å². The maximum atomic E-state index is 11.3. The van der Waals surface area contributed by atoms with E-state index in [1.165, 1.54) is 6.20 Å². The molecule has 0 saturated heterocycles. The van der Waals surface area contributed by atoms with Gasteiger partial charge in [-0.25, -0.2) is 9.48 Å². The lowest BCUT2D eigenvalue weighted by Gasteiger charge is -2.37. The first-order valence-corrected chi connectivity index (χ1v) is 6.48. The molecule has 1 unspecified atom stereocenters. The van der Waals surface area contributed by atoms with E-state index in [4.69, 9.17) is 0 Å². The van der Waals surface area contributed by atoms with Crippen LogP contribution in [0.25, 0.3) is 0 Å². The number of aromatic carboxylic acids is 1. The molecule has 3 rings (SSSR count). The predicted octanol–water partition coefficient (Wildman–Crippen LogP) is 2.27. The Morgan fingerprint density at radius 3 is 2.95 bits per heavy atom. The van der Waals surface area contributed by atoms with Crippen LogP contribution in [0.2, 0.25) is 0 Å². The summed E-state index contributed by atoms with van der Waals surface area (Å²) in [5.41, 5.74) is 0.833. The molecule has 1 aliphatic heterocycles. The minimum atomic E-state index is -0.976. The number of hydrogen-bond donors (Lipinski definition) is 2. The van der Waals surface area contributed by atoms with Crippen molar-refractivity contribution in [2.45, 2.75) is 31.8 Å². The number of hydrogen-bond acceptors (Lipinski definition) is 4. The molecule has 0 amide bonds. The molecule has 6 nitrogen and oxygen atoms in total. The van der Waals surface area contributed by atoms with Crippen molar-refractivity contribution in [2.24, 2.45) is 0 Å². The number of carboxylic acid groups (broad SMARTS) is 1. The second-order valence-corrected chi connectivity index (χ2v) is 5.59. The van der Waals surface area contributed by atoms with Gasteiger partial charge in [-0.2, -0.15) is 5.10 Å². The number of nitrogens with one attached hydrogen (secondary N) is 1. The summed E-state index contributed by atoms with van der Waals surface area (Å²) in [6.07, 6.45) is 3.93. The van der Waals surface area contributed by atoms with Gasteiger partial charge in [0.15, 0.2) is 0 Å². The van der Waals surface area contributed by atoms with Gasteiger partial charge in [0.25, 0.3) is 0 Å². The zero-order valence-electron chi connectivity index (χ0n) is 11.4. The largest absolute Gasteiger partial charge is 0.477 e. The SMILES string of the molecule is CC1(C)CC(c2ccccn2)Nc2c(C(=O)O)cnn21. The summed E-state index contributed by atoms with van der Waals surface area (Å²) < 4.78 is 1.75. The van der Waals surface area contributed by atoms with E-state index < -0.39 is 5.97 Å². The molecular formula is C14H16N4O2. The fourth-order valence-corrected chi connectivity index (χ4v) is 2.67. The Hall–Kier alpha value is -2.37. The highest BCUT2D eigenvalue weighted by Gasteiger charge is 2.36. The van der Waals surface area contributed by atoms with Gasteiger partial charge < -0.3 is 10.4 Å². The van der Waals surface area contributed by atoms with Gasteiger partial charge in [0.2, 0.25) is 0 Å². The summed E-state index contributed by atoms with van der Waals surface area (Å²) in [6, 6.07) is 5.72. The van der Waals surface area contributed by atoms with Crippen LogP contribution >= 0.6 is 0 Å². The maximum absolute atomic E-state index is 11.3. The van der Waals surface area contributed by atoms with Crippen molar-refractivity contribution < 1.29 is 9.90 Å². The van der Waals surface area contributed by atoms with Gasteiger partial charge in [-0.1, -0.05) is 6.07 Å². The number of nitrogens with zero attached hydrogens (tertiary/aromatic N) is 3. The highest BCUT2D eigenvalue weighted by Crippen LogP contribution is 2.39. The average molecular weight is 272 g/mol. The van der Waals surface area contributed by atoms with E-state index in [0.717, 1.165) is 12.1 Å². The Labute approximate surface area is 116 Å². The second kappa shape index (κ2) is 4.33. The lowest BCUT2D eigenvalue weighted by molar-refractivity contribution is 0.0697. The van der Waals surface area contributed by atoms with Crippen LogP contribution in [-0.2, 0) is 5.54 Å². The molecule has 2 aromatic rings. The third-order valence-electron chi connectivity index (χ3n) is 3.63. The normalized spacial score (nSPS) is 20.0. The third-order valence-corrected chi connectivity index (χ3v) is 3.63. The van der Waals surface area contributed by atoms with E-state index in [1.807, 2.05) is 32.0 Å². The number of aromatic nitrogens is 3. The molecular weight excluding hydrogens is 256 g/mol. The summed E-state index contributed by atoms with van der Waals surface area (Å²) in [5.74, 6) is -0.430. The lowest BCUT2D eigenvalue weighted by Crippen LogP contribution is -2.38. The zero-order chi connectivity index (χ0) is 14.3. The first-order chi connectivity index (χ1) is 9.49. The van der Waals surface area contributed by atoms with Crippen molar-refractivity contribution in [3.05, 3.63) is 41.9 Å². The number of fused-ring (bicyclic) bond motifs is 1. The smallest absolute Gasteiger partial charge is 0.341 e. The third kappa shape index (κ3) is 1.93. The zero-order valence-corrected chi connectivity index (χ0v) is 11.4. The van der Waals surface area contributed by atoms with Gasteiger partial charge in [0.05, 0.1) is 23.5 Å². The quantitative estimate of drug-likeness (QED) is 0.876.